The third-order valence-corrected chi connectivity index (χ3v) is 2.51. The lowest BCUT2D eigenvalue weighted by Crippen LogP contribution is -2.19. The summed E-state index contributed by atoms with van der Waals surface area (Å²) in [5, 5.41) is 4.51. The Hall–Kier alpha value is -1.78. The van der Waals surface area contributed by atoms with Gasteiger partial charge in [0.25, 0.3) is 5.56 Å². The lowest BCUT2D eigenvalue weighted by atomic mass is 10.2. The van der Waals surface area contributed by atoms with Crippen molar-refractivity contribution in [1.82, 2.24) is 14.3 Å². The van der Waals surface area contributed by atoms with E-state index in [-0.39, 0.29) is 5.56 Å². The molecule has 2 N–H and O–H groups in total. The van der Waals surface area contributed by atoms with Gasteiger partial charge in [-0.2, -0.15) is 5.10 Å². The van der Waals surface area contributed by atoms with Crippen LogP contribution in [0.5, 0.6) is 0 Å². The van der Waals surface area contributed by atoms with Gasteiger partial charge in [0, 0.05) is 19.8 Å². The van der Waals surface area contributed by atoms with Gasteiger partial charge in [0.1, 0.15) is 5.39 Å². The van der Waals surface area contributed by atoms with Crippen LogP contribution in [0.15, 0.2) is 10.9 Å². The van der Waals surface area contributed by atoms with Crippen LogP contribution in [0.1, 0.15) is 5.69 Å². The van der Waals surface area contributed by atoms with Gasteiger partial charge in [-0.15, -0.1) is 0 Å². The second kappa shape index (κ2) is 2.60. The molecule has 0 fully saturated rings. The SMILES string of the molecule is Cc1cc2c(c(N)nn2C)c(=O)n1C. The molecule has 0 amide bonds. The van der Waals surface area contributed by atoms with Gasteiger partial charge in [-0.25, -0.2) is 0 Å². The number of fused-ring (bicyclic) bond motifs is 1. The van der Waals surface area contributed by atoms with Crippen LogP contribution in [0, 0.1) is 6.92 Å². The Balaban J connectivity index is 3.09. The van der Waals surface area contributed by atoms with Crippen molar-refractivity contribution in [2.45, 2.75) is 6.92 Å². The Bertz CT molecular complexity index is 564. The topological polar surface area (TPSA) is 65.8 Å². The summed E-state index contributed by atoms with van der Waals surface area (Å²) in [5.74, 6) is 0.295. The molecule has 5 heteroatoms. The monoisotopic (exact) mass is 192 g/mol. The van der Waals surface area contributed by atoms with Crippen LogP contribution < -0.4 is 11.3 Å². The molecule has 0 aliphatic rings. The lowest BCUT2D eigenvalue weighted by Gasteiger charge is -2.03. The summed E-state index contributed by atoms with van der Waals surface area (Å²) in [6, 6.07) is 1.90. The van der Waals surface area contributed by atoms with Gasteiger partial charge in [0.15, 0.2) is 5.82 Å². The third-order valence-electron chi connectivity index (χ3n) is 2.51. The molecule has 0 saturated heterocycles. The molecule has 5 nitrogen and oxygen atoms in total. The highest BCUT2D eigenvalue weighted by Gasteiger charge is 2.11. The molecule has 0 aromatic carbocycles. The fourth-order valence-electron chi connectivity index (χ4n) is 1.57. The highest BCUT2D eigenvalue weighted by Crippen LogP contribution is 2.16. The predicted molar refractivity (Wildman–Crippen MR) is 55.1 cm³/mol. The first-order valence-corrected chi connectivity index (χ1v) is 4.31. The smallest absolute Gasteiger partial charge is 0.263 e. The lowest BCUT2D eigenvalue weighted by molar-refractivity contribution is 0.794. The van der Waals surface area contributed by atoms with Gasteiger partial charge >= 0.3 is 0 Å². The molecular formula is C9H12N4O. The molecule has 2 rings (SSSR count). The first kappa shape index (κ1) is 8.80. The van der Waals surface area contributed by atoms with Crippen LogP contribution in [-0.4, -0.2) is 14.3 Å². The summed E-state index contributed by atoms with van der Waals surface area (Å²) in [4.78, 5) is 11.8. The molecule has 2 aromatic rings. The Kier molecular flexibility index (Phi) is 1.64. The molecule has 0 spiro atoms. The number of nitrogens with two attached hydrogens (primary N) is 1. The molecule has 0 atom stereocenters. The van der Waals surface area contributed by atoms with Crippen molar-refractivity contribution in [2.24, 2.45) is 14.1 Å². The molecule has 0 aliphatic heterocycles. The largest absolute Gasteiger partial charge is 0.382 e. The fourth-order valence-corrected chi connectivity index (χ4v) is 1.57. The van der Waals surface area contributed by atoms with Crippen molar-refractivity contribution in [3.05, 3.63) is 22.1 Å². The first-order valence-electron chi connectivity index (χ1n) is 4.31. The molecule has 14 heavy (non-hydrogen) atoms. The molecule has 0 radical (unpaired) electrons. The molecule has 0 unspecified atom stereocenters. The summed E-state index contributed by atoms with van der Waals surface area (Å²) in [5.41, 5.74) is 7.23. The Morgan fingerprint density at radius 3 is 2.71 bits per heavy atom. The van der Waals surface area contributed by atoms with Crippen molar-refractivity contribution in [3.8, 4) is 0 Å². The van der Waals surface area contributed by atoms with Crippen LogP contribution in [-0.2, 0) is 14.1 Å². The highest BCUT2D eigenvalue weighted by atomic mass is 16.1. The summed E-state index contributed by atoms with van der Waals surface area (Å²) in [7, 11) is 3.50. The van der Waals surface area contributed by atoms with E-state index in [4.69, 9.17) is 5.73 Å². The molecule has 2 heterocycles. The maximum absolute atomic E-state index is 11.8. The van der Waals surface area contributed by atoms with Crippen molar-refractivity contribution in [3.63, 3.8) is 0 Å². The Morgan fingerprint density at radius 1 is 1.43 bits per heavy atom. The summed E-state index contributed by atoms with van der Waals surface area (Å²) >= 11 is 0. The van der Waals surface area contributed by atoms with E-state index < -0.39 is 0 Å². The van der Waals surface area contributed by atoms with E-state index in [2.05, 4.69) is 5.10 Å². The maximum Gasteiger partial charge on any atom is 0.263 e. The number of nitrogens with zero attached hydrogens (tertiary/aromatic N) is 3. The average Bonchev–Trinajstić information content (AvgIpc) is 2.38. The van der Waals surface area contributed by atoms with Gasteiger partial charge in [0.05, 0.1) is 5.52 Å². The standard InChI is InChI=1S/C9H12N4O/c1-5-4-6-7(9(14)12(5)2)8(10)11-13(6)3/h4H,1-3H3,(H2,10,11). The van der Waals surface area contributed by atoms with Crippen LogP contribution in [0.4, 0.5) is 5.82 Å². The van der Waals surface area contributed by atoms with E-state index >= 15 is 0 Å². The number of anilines is 1. The predicted octanol–water partition coefficient (Wildman–Crippen LogP) is 0.163. The molecule has 0 aliphatic carbocycles. The molecular weight excluding hydrogens is 180 g/mol. The minimum absolute atomic E-state index is 0.0920. The van der Waals surface area contributed by atoms with Crippen LogP contribution in [0.2, 0.25) is 0 Å². The fraction of sp³-hybridized carbons (Fsp3) is 0.333. The number of rotatable bonds is 0. The number of nitrogen functional groups attached to an aromatic ring is 1. The van der Waals surface area contributed by atoms with E-state index in [1.807, 2.05) is 13.0 Å². The van der Waals surface area contributed by atoms with Crippen molar-refractivity contribution < 1.29 is 0 Å². The molecule has 74 valence electrons. The van der Waals surface area contributed by atoms with Gasteiger partial charge in [0.2, 0.25) is 0 Å². The van der Waals surface area contributed by atoms with Gasteiger partial charge < -0.3 is 10.3 Å². The van der Waals surface area contributed by atoms with Gasteiger partial charge in [-0.3, -0.25) is 9.48 Å². The summed E-state index contributed by atoms with van der Waals surface area (Å²) in [6.45, 7) is 1.88. The number of pyridine rings is 1. The minimum atomic E-state index is -0.0920. The Morgan fingerprint density at radius 2 is 2.07 bits per heavy atom. The molecule has 0 saturated carbocycles. The number of hydrogen-bond donors (Lipinski definition) is 1. The second-order valence-electron chi connectivity index (χ2n) is 3.42. The van der Waals surface area contributed by atoms with E-state index in [1.165, 1.54) is 0 Å². The van der Waals surface area contributed by atoms with Gasteiger partial charge in [-0.05, 0) is 13.0 Å². The van der Waals surface area contributed by atoms with Crippen LogP contribution in [0.25, 0.3) is 10.9 Å². The van der Waals surface area contributed by atoms with Crippen molar-refractivity contribution >= 4 is 16.7 Å². The van der Waals surface area contributed by atoms with E-state index in [1.54, 1.807) is 23.3 Å². The second-order valence-corrected chi connectivity index (χ2v) is 3.42. The maximum atomic E-state index is 11.8. The zero-order valence-corrected chi connectivity index (χ0v) is 8.40. The van der Waals surface area contributed by atoms with Gasteiger partial charge in [-0.1, -0.05) is 0 Å². The summed E-state index contributed by atoms with van der Waals surface area (Å²) in [6.07, 6.45) is 0. The van der Waals surface area contributed by atoms with E-state index in [0.29, 0.717) is 11.2 Å². The van der Waals surface area contributed by atoms with Crippen LogP contribution >= 0.6 is 0 Å². The van der Waals surface area contributed by atoms with E-state index in [0.717, 1.165) is 11.2 Å². The average molecular weight is 192 g/mol. The van der Waals surface area contributed by atoms with E-state index in [9.17, 15) is 4.79 Å². The molecule has 0 bridgehead atoms. The first-order chi connectivity index (χ1) is 6.52. The zero-order chi connectivity index (χ0) is 10.5. The zero-order valence-electron chi connectivity index (χ0n) is 8.40. The number of aromatic nitrogens is 3. The molecule has 2 aromatic heterocycles. The number of hydrogen-bond acceptors (Lipinski definition) is 3. The quantitative estimate of drug-likeness (QED) is 0.646. The number of aryl methyl sites for hydroxylation is 2. The van der Waals surface area contributed by atoms with Crippen LogP contribution in [0.3, 0.4) is 0 Å². The third kappa shape index (κ3) is 0.951. The highest BCUT2D eigenvalue weighted by molar-refractivity contribution is 5.88. The Labute approximate surface area is 80.7 Å². The summed E-state index contributed by atoms with van der Waals surface area (Å²) < 4.78 is 3.19. The van der Waals surface area contributed by atoms with Crippen molar-refractivity contribution in [2.75, 3.05) is 5.73 Å². The minimum Gasteiger partial charge on any atom is -0.382 e. The van der Waals surface area contributed by atoms with Crippen molar-refractivity contribution in [1.29, 1.82) is 0 Å². The normalized spacial score (nSPS) is 11.1.